The Morgan fingerprint density at radius 3 is 2.30 bits per heavy atom. The highest BCUT2D eigenvalue weighted by Crippen LogP contribution is 2.47. The van der Waals surface area contributed by atoms with E-state index in [9.17, 15) is 5.11 Å². The molecule has 1 heterocycles. The fourth-order valence-electron chi connectivity index (χ4n) is 3.79. The molecule has 0 saturated carbocycles. The van der Waals surface area contributed by atoms with Crippen molar-refractivity contribution in [1.29, 1.82) is 0 Å². The standard InChI is InChI=1S/C21H27NO5/c1-22-9-8-14-12-18(26-4)20(23)21(27-5)19(14)15(22)10-13-6-7-16(24-2)17(11-13)25-3/h6-7,11-12,15,23H,8-10H2,1-5H3. The summed E-state index contributed by atoms with van der Waals surface area (Å²) in [5.41, 5.74) is 3.28. The van der Waals surface area contributed by atoms with Crippen molar-refractivity contribution >= 4 is 0 Å². The van der Waals surface area contributed by atoms with Gasteiger partial charge in [-0.25, -0.2) is 0 Å². The predicted molar refractivity (Wildman–Crippen MR) is 104 cm³/mol. The monoisotopic (exact) mass is 373 g/mol. The van der Waals surface area contributed by atoms with E-state index in [4.69, 9.17) is 18.9 Å². The van der Waals surface area contributed by atoms with Crippen LogP contribution in [0.15, 0.2) is 24.3 Å². The molecule has 27 heavy (non-hydrogen) atoms. The van der Waals surface area contributed by atoms with E-state index in [-0.39, 0.29) is 11.8 Å². The van der Waals surface area contributed by atoms with E-state index in [0.717, 1.165) is 36.1 Å². The Hall–Kier alpha value is -2.60. The summed E-state index contributed by atoms with van der Waals surface area (Å²) in [4.78, 5) is 2.29. The first-order chi connectivity index (χ1) is 13.0. The topological polar surface area (TPSA) is 60.4 Å². The molecule has 0 aromatic heterocycles. The van der Waals surface area contributed by atoms with E-state index in [0.29, 0.717) is 23.0 Å². The maximum atomic E-state index is 10.6. The average molecular weight is 373 g/mol. The first kappa shape index (κ1) is 19.2. The number of methoxy groups -OCH3 is 4. The normalized spacial score (nSPS) is 16.6. The third-order valence-corrected chi connectivity index (χ3v) is 5.24. The Bertz CT molecular complexity index is 821. The number of rotatable bonds is 6. The van der Waals surface area contributed by atoms with Gasteiger partial charge in [-0.2, -0.15) is 0 Å². The highest BCUT2D eigenvalue weighted by molar-refractivity contribution is 5.60. The number of hydrogen-bond acceptors (Lipinski definition) is 6. The van der Waals surface area contributed by atoms with Crippen molar-refractivity contribution in [2.45, 2.75) is 18.9 Å². The first-order valence-corrected chi connectivity index (χ1v) is 8.91. The zero-order valence-corrected chi connectivity index (χ0v) is 16.5. The summed E-state index contributed by atoms with van der Waals surface area (Å²) in [6.07, 6.45) is 1.63. The smallest absolute Gasteiger partial charge is 0.201 e. The Morgan fingerprint density at radius 1 is 0.963 bits per heavy atom. The molecule has 0 radical (unpaired) electrons. The Balaban J connectivity index is 2.04. The first-order valence-electron chi connectivity index (χ1n) is 8.91. The molecule has 0 fully saturated rings. The number of likely N-dealkylation sites (N-methyl/N-ethyl adjacent to an activating group) is 1. The summed E-state index contributed by atoms with van der Waals surface area (Å²) in [6.45, 7) is 0.919. The van der Waals surface area contributed by atoms with E-state index in [1.54, 1.807) is 28.4 Å². The van der Waals surface area contributed by atoms with Gasteiger partial charge in [0.2, 0.25) is 5.75 Å². The highest BCUT2D eigenvalue weighted by Gasteiger charge is 2.31. The van der Waals surface area contributed by atoms with Gasteiger partial charge in [-0.1, -0.05) is 6.07 Å². The number of aromatic hydroxyl groups is 1. The number of hydrogen-bond donors (Lipinski definition) is 1. The molecule has 0 aliphatic carbocycles. The summed E-state index contributed by atoms with van der Waals surface area (Å²) in [6, 6.07) is 7.94. The number of fused-ring (bicyclic) bond motifs is 1. The molecule has 3 rings (SSSR count). The lowest BCUT2D eigenvalue weighted by atomic mass is 9.87. The van der Waals surface area contributed by atoms with Crippen molar-refractivity contribution in [3.05, 3.63) is 41.0 Å². The molecule has 0 bridgehead atoms. The van der Waals surface area contributed by atoms with Gasteiger partial charge in [-0.05, 0) is 49.2 Å². The largest absolute Gasteiger partial charge is 0.502 e. The van der Waals surface area contributed by atoms with E-state index < -0.39 is 0 Å². The van der Waals surface area contributed by atoms with Crippen LogP contribution in [0, 0.1) is 0 Å². The van der Waals surface area contributed by atoms with Gasteiger partial charge in [-0.15, -0.1) is 0 Å². The van der Waals surface area contributed by atoms with Crippen LogP contribution in [0.2, 0.25) is 0 Å². The van der Waals surface area contributed by atoms with Gasteiger partial charge in [0.15, 0.2) is 23.0 Å². The Kier molecular flexibility index (Phi) is 5.65. The predicted octanol–water partition coefficient (Wildman–Crippen LogP) is 3.20. The zero-order chi connectivity index (χ0) is 19.6. The van der Waals surface area contributed by atoms with Crippen LogP contribution >= 0.6 is 0 Å². The molecule has 0 spiro atoms. The lowest BCUT2D eigenvalue weighted by Gasteiger charge is -2.36. The summed E-state index contributed by atoms with van der Waals surface area (Å²) >= 11 is 0. The van der Waals surface area contributed by atoms with Crippen molar-refractivity contribution in [1.82, 2.24) is 4.90 Å². The highest BCUT2D eigenvalue weighted by atomic mass is 16.5. The van der Waals surface area contributed by atoms with Gasteiger partial charge in [0.05, 0.1) is 28.4 Å². The number of phenols is 1. The van der Waals surface area contributed by atoms with Crippen LogP contribution in [0.25, 0.3) is 0 Å². The average Bonchev–Trinajstić information content (AvgIpc) is 2.69. The molecule has 0 saturated heterocycles. The third kappa shape index (κ3) is 3.49. The van der Waals surface area contributed by atoms with Crippen LogP contribution in [0.3, 0.4) is 0 Å². The van der Waals surface area contributed by atoms with Crippen LogP contribution < -0.4 is 18.9 Å². The number of benzene rings is 2. The van der Waals surface area contributed by atoms with Gasteiger partial charge in [0, 0.05) is 18.2 Å². The maximum absolute atomic E-state index is 10.6. The van der Waals surface area contributed by atoms with E-state index in [2.05, 4.69) is 11.9 Å². The van der Waals surface area contributed by atoms with Gasteiger partial charge < -0.3 is 24.1 Å². The second kappa shape index (κ2) is 7.96. The van der Waals surface area contributed by atoms with Gasteiger partial charge in [0.1, 0.15) is 0 Å². The van der Waals surface area contributed by atoms with Crippen molar-refractivity contribution in [3.8, 4) is 28.7 Å². The molecule has 146 valence electrons. The zero-order valence-electron chi connectivity index (χ0n) is 16.5. The van der Waals surface area contributed by atoms with Crippen molar-refractivity contribution in [2.75, 3.05) is 42.0 Å². The maximum Gasteiger partial charge on any atom is 0.201 e. The van der Waals surface area contributed by atoms with Gasteiger partial charge >= 0.3 is 0 Å². The van der Waals surface area contributed by atoms with Gasteiger partial charge in [-0.3, -0.25) is 4.90 Å². The number of ether oxygens (including phenoxy) is 4. The second-order valence-corrected chi connectivity index (χ2v) is 6.67. The minimum Gasteiger partial charge on any atom is -0.502 e. The molecule has 6 nitrogen and oxygen atoms in total. The fourth-order valence-corrected chi connectivity index (χ4v) is 3.79. The summed E-state index contributed by atoms with van der Waals surface area (Å²) in [5, 5.41) is 10.6. The molecular weight excluding hydrogens is 346 g/mol. The molecule has 1 aliphatic rings. The fraction of sp³-hybridized carbons (Fsp3) is 0.429. The van der Waals surface area contributed by atoms with Crippen LogP contribution in [0.1, 0.15) is 22.7 Å². The Labute approximate surface area is 160 Å². The molecule has 1 N–H and O–H groups in total. The molecule has 0 amide bonds. The van der Waals surface area contributed by atoms with Crippen LogP contribution in [0.4, 0.5) is 0 Å². The summed E-state index contributed by atoms with van der Waals surface area (Å²) in [5.74, 6) is 2.39. The van der Waals surface area contributed by atoms with Crippen molar-refractivity contribution < 1.29 is 24.1 Å². The lowest BCUT2D eigenvalue weighted by Crippen LogP contribution is -2.33. The summed E-state index contributed by atoms with van der Waals surface area (Å²) in [7, 11) is 8.49. The van der Waals surface area contributed by atoms with E-state index >= 15 is 0 Å². The van der Waals surface area contributed by atoms with Crippen LogP contribution in [-0.2, 0) is 12.8 Å². The van der Waals surface area contributed by atoms with Crippen LogP contribution in [-0.4, -0.2) is 52.0 Å². The molecule has 2 aromatic rings. The summed E-state index contributed by atoms with van der Waals surface area (Å²) < 4.78 is 21.7. The second-order valence-electron chi connectivity index (χ2n) is 6.67. The minimum atomic E-state index is 0.0476. The molecular formula is C21H27NO5. The molecule has 2 aromatic carbocycles. The van der Waals surface area contributed by atoms with Gasteiger partial charge in [0.25, 0.3) is 0 Å². The minimum absolute atomic E-state index is 0.0476. The molecule has 6 heteroatoms. The number of phenolic OH excluding ortho intramolecular Hbond substituents is 1. The van der Waals surface area contributed by atoms with E-state index in [1.807, 2.05) is 24.3 Å². The molecule has 1 aliphatic heterocycles. The SMILES string of the molecule is COc1ccc(CC2c3c(cc(OC)c(O)c3OC)CCN2C)cc1OC. The molecule has 1 unspecified atom stereocenters. The van der Waals surface area contributed by atoms with Crippen molar-refractivity contribution in [3.63, 3.8) is 0 Å². The van der Waals surface area contributed by atoms with Crippen molar-refractivity contribution in [2.24, 2.45) is 0 Å². The third-order valence-electron chi connectivity index (χ3n) is 5.24. The van der Waals surface area contributed by atoms with Crippen LogP contribution in [0.5, 0.6) is 28.7 Å². The lowest BCUT2D eigenvalue weighted by molar-refractivity contribution is 0.219. The Morgan fingerprint density at radius 2 is 1.67 bits per heavy atom. The molecule has 1 atom stereocenters. The quantitative estimate of drug-likeness (QED) is 0.839. The number of nitrogens with zero attached hydrogens (tertiary/aromatic N) is 1. The van der Waals surface area contributed by atoms with E-state index in [1.165, 1.54) is 0 Å².